The summed E-state index contributed by atoms with van der Waals surface area (Å²) in [6, 6.07) is 9.66. The summed E-state index contributed by atoms with van der Waals surface area (Å²) in [6.45, 7) is 4.40. The molecule has 6 nitrogen and oxygen atoms in total. The number of hydrogen-bond donors (Lipinski definition) is 0. The average molecular weight is 508 g/mol. The SMILES string of the molecule is COc1ccc(Cl)cc1C(=O)/C=C1\SC(C)=C(C)N1CCOC(=O)c1cc(Cl)ccc1OC. The molecule has 0 N–H and O–H groups in total. The minimum Gasteiger partial charge on any atom is -0.496 e. The molecule has 0 unspecified atom stereocenters. The standard InChI is InChI=1S/C24H23Cl2NO5S/c1-14-15(2)33-23(13-20(28)18-11-16(25)5-7-21(18)30-3)27(14)9-10-32-24(29)19-12-17(26)6-8-22(19)31-4/h5-8,11-13H,9-10H2,1-4H3/b23-13-. The first-order valence-corrected chi connectivity index (χ1v) is 11.6. The summed E-state index contributed by atoms with van der Waals surface area (Å²) in [5.41, 5.74) is 1.61. The molecule has 0 aromatic heterocycles. The number of rotatable bonds is 8. The van der Waals surface area contributed by atoms with Crippen LogP contribution < -0.4 is 9.47 Å². The number of benzene rings is 2. The molecule has 0 bridgehead atoms. The highest BCUT2D eigenvalue weighted by Gasteiger charge is 2.25. The van der Waals surface area contributed by atoms with Gasteiger partial charge in [-0.1, -0.05) is 35.0 Å². The third-order valence-corrected chi connectivity index (χ3v) is 6.67. The van der Waals surface area contributed by atoms with Crippen molar-refractivity contribution in [3.05, 3.63) is 79.3 Å². The lowest BCUT2D eigenvalue weighted by Crippen LogP contribution is -2.24. The van der Waals surface area contributed by atoms with Gasteiger partial charge in [0.15, 0.2) is 5.78 Å². The molecule has 0 aliphatic carbocycles. The van der Waals surface area contributed by atoms with Crippen LogP contribution in [0.2, 0.25) is 10.0 Å². The first kappa shape index (κ1) is 25.0. The zero-order valence-electron chi connectivity index (χ0n) is 18.6. The zero-order chi connectivity index (χ0) is 24.1. The number of esters is 1. The maximum absolute atomic E-state index is 13.0. The number of ketones is 1. The van der Waals surface area contributed by atoms with Gasteiger partial charge in [0, 0.05) is 26.7 Å². The molecule has 1 aliphatic rings. The van der Waals surface area contributed by atoms with Crippen LogP contribution in [0.15, 0.2) is 58.1 Å². The average Bonchev–Trinajstić information content (AvgIpc) is 3.06. The Morgan fingerprint density at radius 1 is 0.970 bits per heavy atom. The van der Waals surface area contributed by atoms with Gasteiger partial charge in [0.05, 0.1) is 31.4 Å². The molecular weight excluding hydrogens is 485 g/mol. The Morgan fingerprint density at radius 3 is 2.15 bits per heavy atom. The van der Waals surface area contributed by atoms with Crippen LogP contribution in [0, 0.1) is 0 Å². The van der Waals surface area contributed by atoms with E-state index in [-0.39, 0.29) is 18.0 Å². The Hall–Kier alpha value is -2.61. The van der Waals surface area contributed by atoms with Crippen molar-refractivity contribution < 1.29 is 23.8 Å². The highest BCUT2D eigenvalue weighted by Crippen LogP contribution is 2.40. The number of hydrogen-bond acceptors (Lipinski definition) is 7. The van der Waals surface area contributed by atoms with E-state index in [2.05, 4.69) is 0 Å². The Balaban J connectivity index is 1.74. The van der Waals surface area contributed by atoms with Crippen LogP contribution in [0.5, 0.6) is 11.5 Å². The van der Waals surface area contributed by atoms with Crippen molar-refractivity contribution in [3.8, 4) is 11.5 Å². The second-order valence-corrected chi connectivity index (χ2v) is 9.17. The Labute approximate surface area is 207 Å². The largest absolute Gasteiger partial charge is 0.496 e. The molecule has 0 amide bonds. The van der Waals surface area contributed by atoms with Crippen LogP contribution in [0.25, 0.3) is 0 Å². The van der Waals surface area contributed by atoms with Gasteiger partial charge >= 0.3 is 5.97 Å². The van der Waals surface area contributed by atoms with E-state index in [1.54, 1.807) is 36.4 Å². The predicted molar refractivity (Wildman–Crippen MR) is 131 cm³/mol. The fraction of sp³-hybridized carbons (Fsp3) is 0.250. The second kappa shape index (κ2) is 11.0. The summed E-state index contributed by atoms with van der Waals surface area (Å²) in [5.74, 6) is 0.0612. The summed E-state index contributed by atoms with van der Waals surface area (Å²) in [4.78, 5) is 28.5. The summed E-state index contributed by atoms with van der Waals surface area (Å²) < 4.78 is 16.0. The molecule has 0 fully saturated rings. The number of halogens is 2. The van der Waals surface area contributed by atoms with E-state index in [0.717, 1.165) is 15.6 Å². The molecule has 9 heteroatoms. The highest BCUT2D eigenvalue weighted by molar-refractivity contribution is 8.06. The van der Waals surface area contributed by atoms with Crippen LogP contribution in [0.4, 0.5) is 0 Å². The number of ether oxygens (including phenoxy) is 3. The van der Waals surface area contributed by atoms with Crippen LogP contribution in [0.1, 0.15) is 34.6 Å². The van der Waals surface area contributed by atoms with Gasteiger partial charge in [-0.15, -0.1) is 0 Å². The van der Waals surface area contributed by atoms with Gasteiger partial charge in [0.25, 0.3) is 0 Å². The third kappa shape index (κ3) is 5.85. The molecule has 3 rings (SSSR count). The number of carbonyl (C=O) groups is 2. The number of carbonyl (C=O) groups excluding carboxylic acids is 2. The topological polar surface area (TPSA) is 65.1 Å². The van der Waals surface area contributed by atoms with E-state index < -0.39 is 5.97 Å². The fourth-order valence-corrected chi connectivity index (χ4v) is 4.66. The Bertz CT molecular complexity index is 1150. The van der Waals surface area contributed by atoms with E-state index >= 15 is 0 Å². The molecule has 1 aliphatic heterocycles. The molecule has 0 atom stereocenters. The van der Waals surface area contributed by atoms with Gasteiger partial charge in [-0.25, -0.2) is 4.79 Å². The number of nitrogens with zero attached hydrogens (tertiary/aromatic N) is 1. The van der Waals surface area contributed by atoms with Crippen LogP contribution in [-0.4, -0.2) is 44.0 Å². The first-order chi connectivity index (χ1) is 15.7. The molecule has 33 heavy (non-hydrogen) atoms. The van der Waals surface area contributed by atoms with Gasteiger partial charge in [0.1, 0.15) is 23.7 Å². The fourth-order valence-electron chi connectivity index (χ4n) is 3.24. The first-order valence-electron chi connectivity index (χ1n) is 9.98. The highest BCUT2D eigenvalue weighted by atomic mass is 35.5. The monoisotopic (exact) mass is 507 g/mol. The van der Waals surface area contributed by atoms with Gasteiger partial charge in [-0.2, -0.15) is 0 Å². The quantitative estimate of drug-likeness (QED) is 0.239. The second-order valence-electron chi connectivity index (χ2n) is 7.07. The summed E-state index contributed by atoms with van der Waals surface area (Å²) in [7, 11) is 2.98. The van der Waals surface area contributed by atoms with Crippen molar-refractivity contribution in [1.29, 1.82) is 0 Å². The predicted octanol–water partition coefficient (Wildman–Crippen LogP) is 6.19. The molecule has 174 valence electrons. The molecule has 0 saturated heterocycles. The minimum atomic E-state index is -0.537. The zero-order valence-corrected chi connectivity index (χ0v) is 20.9. The molecule has 0 saturated carbocycles. The smallest absolute Gasteiger partial charge is 0.342 e. The molecule has 0 radical (unpaired) electrons. The molecule has 1 heterocycles. The molecular formula is C24H23Cl2NO5S. The van der Waals surface area contributed by atoms with Gasteiger partial charge < -0.3 is 19.1 Å². The Kier molecular flexibility index (Phi) is 8.35. The van der Waals surface area contributed by atoms with Crippen LogP contribution in [-0.2, 0) is 4.74 Å². The van der Waals surface area contributed by atoms with Gasteiger partial charge in [0.2, 0.25) is 0 Å². The molecule has 2 aromatic carbocycles. The van der Waals surface area contributed by atoms with Crippen molar-refractivity contribution in [1.82, 2.24) is 4.90 Å². The lowest BCUT2D eigenvalue weighted by atomic mass is 10.1. The van der Waals surface area contributed by atoms with Crippen LogP contribution >= 0.6 is 35.0 Å². The van der Waals surface area contributed by atoms with Crippen molar-refractivity contribution in [3.63, 3.8) is 0 Å². The number of methoxy groups -OCH3 is 2. The van der Waals surface area contributed by atoms with Gasteiger partial charge in [-0.05, 0) is 50.2 Å². The maximum Gasteiger partial charge on any atom is 0.342 e. The van der Waals surface area contributed by atoms with Crippen molar-refractivity contribution in [2.75, 3.05) is 27.4 Å². The van der Waals surface area contributed by atoms with Crippen molar-refractivity contribution in [2.45, 2.75) is 13.8 Å². The van der Waals surface area contributed by atoms with Crippen LogP contribution in [0.3, 0.4) is 0 Å². The lowest BCUT2D eigenvalue weighted by molar-refractivity contribution is 0.0484. The van der Waals surface area contributed by atoms with E-state index in [1.807, 2.05) is 18.7 Å². The molecule has 0 spiro atoms. The molecule has 2 aromatic rings. The van der Waals surface area contributed by atoms with E-state index in [4.69, 9.17) is 37.4 Å². The summed E-state index contributed by atoms with van der Waals surface area (Å²) >= 11 is 13.6. The maximum atomic E-state index is 13.0. The normalized spacial score (nSPS) is 14.6. The lowest BCUT2D eigenvalue weighted by Gasteiger charge is -2.21. The summed E-state index contributed by atoms with van der Waals surface area (Å²) in [5, 5.41) is 1.59. The van der Waals surface area contributed by atoms with Crippen molar-refractivity contribution >= 4 is 46.7 Å². The van der Waals surface area contributed by atoms with E-state index in [1.165, 1.54) is 32.0 Å². The summed E-state index contributed by atoms with van der Waals surface area (Å²) in [6.07, 6.45) is 1.54. The van der Waals surface area contributed by atoms with E-state index in [9.17, 15) is 9.59 Å². The van der Waals surface area contributed by atoms with E-state index in [0.29, 0.717) is 33.7 Å². The van der Waals surface area contributed by atoms with Crippen molar-refractivity contribution in [2.24, 2.45) is 0 Å². The number of thioether (sulfide) groups is 1. The van der Waals surface area contributed by atoms with Gasteiger partial charge in [-0.3, -0.25) is 4.79 Å². The Morgan fingerprint density at radius 2 is 1.55 bits per heavy atom. The number of allylic oxidation sites excluding steroid dienone is 3. The third-order valence-electron chi connectivity index (χ3n) is 5.05. The minimum absolute atomic E-state index is 0.103.